The van der Waals surface area contributed by atoms with Gasteiger partial charge in [0.15, 0.2) is 0 Å². The minimum atomic E-state index is -4.58. The van der Waals surface area contributed by atoms with Gasteiger partial charge < -0.3 is 0 Å². The Bertz CT molecular complexity index is 93.9. The second kappa shape index (κ2) is 3.22. The molecule has 0 aromatic heterocycles. The van der Waals surface area contributed by atoms with E-state index < -0.39 is 10.7 Å². The third kappa shape index (κ3) is 10.7. The van der Waals surface area contributed by atoms with Crippen LogP contribution in [0.5, 0.6) is 0 Å². The van der Waals surface area contributed by atoms with Gasteiger partial charge in [-0.25, -0.2) is 4.21 Å². The minimum absolute atomic E-state index is 0. The second-order valence-electron chi connectivity index (χ2n) is 0.595. The maximum Gasteiger partial charge on any atom is 0.202 e. The minimum Gasteiger partial charge on any atom is -0.292 e. The standard InChI is InChI=1S/Fe.H3NO4S/c;2-1-6(3,4)5/h;6H,(H2,3,4,5). The Morgan fingerprint density at radius 1 is 1.43 bits per heavy atom. The van der Waals surface area contributed by atoms with E-state index in [1.54, 1.807) is 0 Å². The summed E-state index contributed by atoms with van der Waals surface area (Å²) in [6, 6.07) is 0. The van der Waals surface area contributed by atoms with Gasteiger partial charge in [0.05, 0.1) is 4.58 Å². The Hall–Kier alpha value is 0.189. The normalized spacial score (nSPS) is 11.7. The van der Waals surface area contributed by atoms with Crippen LogP contribution in [0.1, 0.15) is 0 Å². The van der Waals surface area contributed by atoms with Crippen LogP contribution in [0.4, 0.5) is 0 Å². The molecule has 0 radical (unpaired) electrons. The molecule has 0 saturated carbocycles. The van der Waals surface area contributed by atoms with Crippen LogP contribution in [0, 0.1) is 4.91 Å². The van der Waals surface area contributed by atoms with Crippen molar-refractivity contribution in [1.82, 2.24) is 0 Å². The fourth-order valence-electron chi connectivity index (χ4n) is 0. The van der Waals surface area contributed by atoms with Crippen LogP contribution in [0.25, 0.3) is 0 Å². The van der Waals surface area contributed by atoms with Crippen molar-refractivity contribution in [2.45, 2.75) is 0 Å². The number of rotatable bonds is 1. The molecule has 0 fully saturated rings. The van der Waals surface area contributed by atoms with Gasteiger partial charge in [0.1, 0.15) is 0 Å². The van der Waals surface area contributed by atoms with Crippen molar-refractivity contribution in [1.29, 1.82) is 0 Å². The van der Waals surface area contributed by atoms with Gasteiger partial charge in [-0.3, -0.25) is 9.11 Å². The Kier molecular flexibility index (Phi) is 4.71. The third-order valence-electron chi connectivity index (χ3n) is 0.106. The second-order valence-corrected chi connectivity index (χ2v) is 1.78. The SMILES string of the molecule is O=N[SH](=O)(O)O.[Fe]. The summed E-state index contributed by atoms with van der Waals surface area (Å²) in [7, 11) is -4.58. The summed E-state index contributed by atoms with van der Waals surface area (Å²) in [5, 5.41) is 0. The zero-order valence-electron chi connectivity index (χ0n) is 2.96. The average Bonchev–Trinajstić information content (AvgIpc) is 1.35. The van der Waals surface area contributed by atoms with E-state index in [0.717, 1.165) is 0 Å². The van der Waals surface area contributed by atoms with Gasteiger partial charge in [-0.15, -0.1) is 4.91 Å². The van der Waals surface area contributed by atoms with Crippen molar-refractivity contribution < 1.29 is 30.4 Å². The predicted octanol–water partition coefficient (Wildman–Crippen LogP) is -0.372. The van der Waals surface area contributed by atoms with Crippen molar-refractivity contribution >= 4 is 10.7 Å². The fraction of sp³-hybridized carbons (Fsp3) is 0. The summed E-state index contributed by atoms with van der Waals surface area (Å²) in [4.78, 5) is 8.81. The molecule has 2 N–H and O–H groups in total. The first-order valence-electron chi connectivity index (χ1n) is 0.965. The van der Waals surface area contributed by atoms with Gasteiger partial charge in [0.25, 0.3) is 0 Å². The van der Waals surface area contributed by atoms with E-state index in [-0.39, 0.29) is 17.1 Å². The van der Waals surface area contributed by atoms with Crippen LogP contribution in [-0.4, -0.2) is 13.3 Å². The predicted molar refractivity (Wildman–Crippen MR) is 20.6 cm³/mol. The monoisotopic (exact) mass is 169 g/mol. The summed E-state index contributed by atoms with van der Waals surface area (Å²) < 4.78 is 25.6. The van der Waals surface area contributed by atoms with Crippen molar-refractivity contribution in [3.05, 3.63) is 4.91 Å². The maximum atomic E-state index is 9.22. The number of hydrogen-bond donors (Lipinski definition) is 3. The van der Waals surface area contributed by atoms with Gasteiger partial charge in [-0.2, -0.15) is 0 Å². The van der Waals surface area contributed by atoms with E-state index in [9.17, 15) is 4.21 Å². The number of hydrogen-bond acceptors (Lipinski definition) is 2. The number of nitroso groups, excluding NO2 is 1. The van der Waals surface area contributed by atoms with Crippen LogP contribution in [-0.2, 0) is 27.7 Å². The molecule has 0 saturated heterocycles. The van der Waals surface area contributed by atoms with Crippen LogP contribution in [0.3, 0.4) is 0 Å². The fourth-order valence-corrected chi connectivity index (χ4v) is 0. The zero-order valence-corrected chi connectivity index (χ0v) is 4.96. The first-order chi connectivity index (χ1) is 2.56. The zero-order chi connectivity index (χ0) is 5.21. The van der Waals surface area contributed by atoms with E-state index in [0.29, 0.717) is 0 Å². The molecule has 0 aliphatic rings. The summed E-state index contributed by atoms with van der Waals surface area (Å²) in [6.45, 7) is 0. The molecule has 7 heavy (non-hydrogen) atoms. The summed E-state index contributed by atoms with van der Waals surface area (Å²) >= 11 is 0. The van der Waals surface area contributed by atoms with Crippen molar-refractivity contribution in [2.24, 2.45) is 4.58 Å². The molecule has 0 aromatic rings. The van der Waals surface area contributed by atoms with Crippen LogP contribution < -0.4 is 0 Å². The summed E-state index contributed by atoms with van der Waals surface area (Å²) in [5.74, 6) is 0. The molecule has 0 amide bonds. The molecule has 0 rings (SSSR count). The molecule has 46 valence electrons. The van der Waals surface area contributed by atoms with E-state index in [1.165, 1.54) is 4.58 Å². The van der Waals surface area contributed by atoms with Crippen molar-refractivity contribution in [2.75, 3.05) is 0 Å². The smallest absolute Gasteiger partial charge is 0.202 e. The molecular formula is H3FeNO4S. The molecule has 0 bridgehead atoms. The molecule has 0 aromatic carbocycles. The molecule has 7 heteroatoms. The Morgan fingerprint density at radius 2 is 1.57 bits per heavy atom. The Labute approximate surface area is 51.1 Å². The summed E-state index contributed by atoms with van der Waals surface area (Å²) in [5.41, 5.74) is 0. The van der Waals surface area contributed by atoms with Crippen molar-refractivity contribution in [3.8, 4) is 0 Å². The molecule has 0 aliphatic carbocycles. The molecule has 0 atom stereocenters. The van der Waals surface area contributed by atoms with Gasteiger partial charge in [0, 0.05) is 17.1 Å². The quantitative estimate of drug-likeness (QED) is 0.284. The molecular weight excluding hydrogens is 166 g/mol. The van der Waals surface area contributed by atoms with Gasteiger partial charge in [-0.1, -0.05) is 0 Å². The summed E-state index contributed by atoms with van der Waals surface area (Å²) in [6.07, 6.45) is 0. The van der Waals surface area contributed by atoms with Gasteiger partial charge in [0.2, 0.25) is 10.7 Å². The van der Waals surface area contributed by atoms with Crippen LogP contribution >= 0.6 is 0 Å². The third-order valence-corrected chi connectivity index (χ3v) is 0.319. The Morgan fingerprint density at radius 3 is 1.57 bits per heavy atom. The van der Waals surface area contributed by atoms with E-state index in [1.807, 2.05) is 0 Å². The van der Waals surface area contributed by atoms with Crippen LogP contribution in [0.2, 0.25) is 0 Å². The molecule has 0 unspecified atom stereocenters. The van der Waals surface area contributed by atoms with Gasteiger partial charge >= 0.3 is 0 Å². The molecule has 5 nitrogen and oxygen atoms in total. The Balaban J connectivity index is 0. The first kappa shape index (κ1) is 10.2. The largest absolute Gasteiger partial charge is 0.292 e. The number of thiol groups is 1. The van der Waals surface area contributed by atoms with E-state index >= 15 is 0 Å². The van der Waals surface area contributed by atoms with Crippen molar-refractivity contribution in [3.63, 3.8) is 0 Å². The van der Waals surface area contributed by atoms with Crippen LogP contribution in [0.15, 0.2) is 4.58 Å². The maximum absolute atomic E-state index is 9.22. The first-order valence-corrected chi connectivity index (χ1v) is 2.53. The van der Waals surface area contributed by atoms with Gasteiger partial charge in [-0.05, 0) is 0 Å². The number of nitrogens with zero attached hydrogens (tertiary/aromatic N) is 1. The van der Waals surface area contributed by atoms with E-state index in [4.69, 9.17) is 14.0 Å². The average molecular weight is 169 g/mol. The molecule has 0 spiro atoms. The molecule has 0 heterocycles. The van der Waals surface area contributed by atoms with E-state index in [2.05, 4.69) is 0 Å². The molecule has 0 aliphatic heterocycles. The topological polar surface area (TPSA) is 87.0 Å².